The van der Waals surface area contributed by atoms with Crippen molar-refractivity contribution in [1.29, 1.82) is 0 Å². The molecule has 1 unspecified atom stereocenters. The van der Waals surface area contributed by atoms with E-state index in [9.17, 15) is 22.4 Å². The van der Waals surface area contributed by atoms with Crippen LogP contribution in [-0.4, -0.2) is 32.9 Å². The number of sulfonamides is 1. The summed E-state index contributed by atoms with van der Waals surface area (Å²) >= 11 is 0. The first kappa shape index (κ1) is 18.0. The molecule has 1 aliphatic rings. The number of rotatable bonds is 5. The number of carbonyl (C=O) groups is 2. The van der Waals surface area contributed by atoms with Crippen LogP contribution in [0.25, 0.3) is 0 Å². The van der Waals surface area contributed by atoms with Crippen molar-refractivity contribution in [3.05, 3.63) is 59.9 Å². The summed E-state index contributed by atoms with van der Waals surface area (Å²) in [7, 11) is -3.90. The van der Waals surface area contributed by atoms with Gasteiger partial charge in [-0.3, -0.25) is 9.59 Å². The lowest BCUT2D eigenvalue weighted by molar-refractivity contribution is -0.139. The van der Waals surface area contributed by atoms with Crippen molar-refractivity contribution in [3.63, 3.8) is 0 Å². The number of anilines is 1. The normalized spacial score (nSPS) is 17.0. The summed E-state index contributed by atoms with van der Waals surface area (Å²) in [6, 6.07) is 9.92. The molecule has 3 rings (SSSR count). The second kappa shape index (κ2) is 7.22. The van der Waals surface area contributed by atoms with E-state index in [0.717, 1.165) is 0 Å². The van der Waals surface area contributed by atoms with Crippen LogP contribution >= 0.6 is 0 Å². The van der Waals surface area contributed by atoms with Crippen molar-refractivity contribution in [3.8, 4) is 0 Å². The summed E-state index contributed by atoms with van der Waals surface area (Å²) in [6.07, 6.45) is 0.273. The van der Waals surface area contributed by atoms with E-state index in [1.807, 2.05) is 0 Å². The van der Waals surface area contributed by atoms with Gasteiger partial charge in [0.15, 0.2) is 0 Å². The smallest absolute Gasteiger partial charge is 0.324 e. The maximum absolute atomic E-state index is 13.6. The third kappa shape index (κ3) is 3.89. The highest BCUT2D eigenvalue weighted by molar-refractivity contribution is 7.89. The monoisotopic (exact) mass is 378 g/mol. The Hall–Kier alpha value is -2.78. The Labute approximate surface area is 149 Å². The van der Waals surface area contributed by atoms with Gasteiger partial charge in [0.2, 0.25) is 10.0 Å². The second-order valence-corrected chi connectivity index (χ2v) is 7.30. The molecule has 9 heteroatoms. The van der Waals surface area contributed by atoms with Crippen LogP contribution in [0.15, 0.2) is 53.4 Å². The van der Waals surface area contributed by atoms with Crippen molar-refractivity contribution < 1.29 is 27.1 Å². The summed E-state index contributed by atoms with van der Waals surface area (Å²) in [5.41, 5.74) is 0.183. The minimum atomic E-state index is -3.90. The van der Waals surface area contributed by atoms with E-state index >= 15 is 0 Å². The molecule has 1 saturated heterocycles. The van der Waals surface area contributed by atoms with Gasteiger partial charge in [-0.05, 0) is 36.4 Å². The van der Waals surface area contributed by atoms with Crippen LogP contribution in [0.1, 0.15) is 16.8 Å². The first-order chi connectivity index (χ1) is 12.4. The highest BCUT2D eigenvalue weighted by Crippen LogP contribution is 2.17. The van der Waals surface area contributed by atoms with Gasteiger partial charge in [0.05, 0.1) is 17.1 Å². The van der Waals surface area contributed by atoms with Crippen molar-refractivity contribution in [2.45, 2.75) is 17.4 Å². The van der Waals surface area contributed by atoms with Crippen LogP contribution in [0.5, 0.6) is 0 Å². The van der Waals surface area contributed by atoms with Crippen molar-refractivity contribution in [1.82, 2.24) is 4.72 Å². The molecule has 1 heterocycles. The zero-order chi connectivity index (χ0) is 18.7. The number of esters is 1. The van der Waals surface area contributed by atoms with Gasteiger partial charge in [-0.1, -0.05) is 12.1 Å². The summed E-state index contributed by atoms with van der Waals surface area (Å²) in [5, 5.41) is 2.49. The number of hydrogen-bond acceptors (Lipinski definition) is 5. The zero-order valence-electron chi connectivity index (χ0n) is 13.4. The van der Waals surface area contributed by atoms with E-state index in [4.69, 9.17) is 4.74 Å². The van der Waals surface area contributed by atoms with Gasteiger partial charge < -0.3 is 10.1 Å². The number of amides is 1. The fourth-order valence-electron chi connectivity index (χ4n) is 2.42. The molecule has 2 aromatic rings. The predicted octanol–water partition coefficient (Wildman–Crippen LogP) is 1.67. The Morgan fingerprint density at radius 2 is 1.81 bits per heavy atom. The van der Waals surface area contributed by atoms with E-state index in [1.165, 1.54) is 48.5 Å². The lowest BCUT2D eigenvalue weighted by Crippen LogP contribution is -2.37. The van der Waals surface area contributed by atoms with Crippen molar-refractivity contribution in [2.24, 2.45) is 0 Å². The van der Waals surface area contributed by atoms with Gasteiger partial charge in [0.1, 0.15) is 11.9 Å². The molecule has 2 aromatic carbocycles. The summed E-state index contributed by atoms with van der Waals surface area (Å²) in [4.78, 5) is 23.4. The van der Waals surface area contributed by atoms with Crippen LogP contribution in [0.3, 0.4) is 0 Å². The highest BCUT2D eigenvalue weighted by atomic mass is 32.2. The molecule has 0 radical (unpaired) electrons. The van der Waals surface area contributed by atoms with Gasteiger partial charge in [-0.2, -0.15) is 4.72 Å². The second-order valence-electron chi connectivity index (χ2n) is 5.59. The van der Waals surface area contributed by atoms with Gasteiger partial charge in [-0.25, -0.2) is 12.8 Å². The first-order valence-corrected chi connectivity index (χ1v) is 9.20. The lowest BCUT2D eigenvalue weighted by atomic mass is 10.2. The van der Waals surface area contributed by atoms with E-state index in [0.29, 0.717) is 5.69 Å². The fourth-order valence-corrected chi connectivity index (χ4v) is 3.64. The molecule has 1 fully saturated rings. The first-order valence-electron chi connectivity index (χ1n) is 7.72. The highest BCUT2D eigenvalue weighted by Gasteiger charge is 2.31. The van der Waals surface area contributed by atoms with Gasteiger partial charge in [-0.15, -0.1) is 0 Å². The van der Waals surface area contributed by atoms with Gasteiger partial charge in [0, 0.05) is 12.1 Å². The van der Waals surface area contributed by atoms with E-state index in [2.05, 4.69) is 10.0 Å². The van der Waals surface area contributed by atoms with Gasteiger partial charge in [0.25, 0.3) is 5.91 Å². The maximum Gasteiger partial charge on any atom is 0.324 e. The molecule has 7 nitrogen and oxygen atoms in total. The standard InChI is InChI=1S/C17H15FN2O5S/c18-14-4-2-1-3-13(14)16(21)19-11-5-7-12(8-6-11)26(23,24)20-15-9-10-25-17(15)22/h1-8,15,20H,9-10H2,(H,19,21). The van der Waals surface area contributed by atoms with Gasteiger partial charge >= 0.3 is 5.97 Å². The molecule has 0 spiro atoms. The van der Waals surface area contributed by atoms with Crippen LogP contribution in [-0.2, 0) is 19.6 Å². The average molecular weight is 378 g/mol. The van der Waals surface area contributed by atoms with E-state index in [1.54, 1.807) is 0 Å². The molecule has 136 valence electrons. The van der Waals surface area contributed by atoms with Crippen LogP contribution in [0.4, 0.5) is 10.1 Å². The van der Waals surface area contributed by atoms with Crippen molar-refractivity contribution in [2.75, 3.05) is 11.9 Å². The third-order valence-electron chi connectivity index (χ3n) is 3.77. The Balaban J connectivity index is 1.71. The number of halogens is 1. The number of ether oxygens (including phenoxy) is 1. The number of nitrogens with one attached hydrogen (secondary N) is 2. The number of cyclic esters (lactones) is 1. The average Bonchev–Trinajstić information content (AvgIpc) is 3.00. The molecular formula is C17H15FN2O5S. The SMILES string of the molecule is O=C(Nc1ccc(S(=O)(=O)NC2CCOC2=O)cc1)c1ccccc1F. The topological polar surface area (TPSA) is 102 Å². The zero-order valence-corrected chi connectivity index (χ0v) is 14.3. The largest absolute Gasteiger partial charge is 0.464 e. The molecule has 0 aromatic heterocycles. The minimum absolute atomic E-state index is 0.0684. The summed E-state index contributed by atoms with van der Waals surface area (Å²) < 4.78 is 45.2. The number of hydrogen-bond donors (Lipinski definition) is 2. The molecule has 0 aliphatic carbocycles. The lowest BCUT2D eigenvalue weighted by Gasteiger charge is -2.11. The van der Waals surface area contributed by atoms with E-state index < -0.39 is 33.8 Å². The molecule has 1 atom stereocenters. The molecule has 2 N–H and O–H groups in total. The van der Waals surface area contributed by atoms with Crippen LogP contribution in [0.2, 0.25) is 0 Å². The van der Waals surface area contributed by atoms with Crippen LogP contribution < -0.4 is 10.0 Å². The molecule has 26 heavy (non-hydrogen) atoms. The fraction of sp³-hybridized carbons (Fsp3) is 0.176. The molecule has 0 bridgehead atoms. The number of carbonyl (C=O) groups excluding carboxylic acids is 2. The Kier molecular flexibility index (Phi) is 5.01. The molecule has 0 saturated carbocycles. The predicted molar refractivity (Wildman–Crippen MR) is 90.5 cm³/mol. The Bertz CT molecular complexity index is 944. The Morgan fingerprint density at radius 3 is 2.42 bits per heavy atom. The number of benzene rings is 2. The van der Waals surface area contributed by atoms with Crippen LogP contribution in [0, 0.1) is 5.82 Å². The molecule has 1 aliphatic heterocycles. The maximum atomic E-state index is 13.6. The quantitative estimate of drug-likeness (QED) is 0.771. The van der Waals surface area contributed by atoms with Crippen molar-refractivity contribution >= 4 is 27.6 Å². The third-order valence-corrected chi connectivity index (χ3v) is 5.26. The van der Waals surface area contributed by atoms with E-state index in [-0.39, 0.29) is 23.5 Å². The Morgan fingerprint density at radius 1 is 1.12 bits per heavy atom. The summed E-state index contributed by atoms with van der Waals surface area (Å²) in [6.45, 7) is 0.174. The summed E-state index contributed by atoms with van der Waals surface area (Å²) in [5.74, 6) is -1.91. The molecule has 1 amide bonds. The molecular weight excluding hydrogens is 363 g/mol. The minimum Gasteiger partial charge on any atom is -0.464 e.